The van der Waals surface area contributed by atoms with Crippen LogP contribution in [0, 0.1) is 5.82 Å². The number of hydrogen-bond acceptors (Lipinski definition) is 8. The first-order valence-corrected chi connectivity index (χ1v) is 13.8. The highest BCUT2D eigenvalue weighted by Crippen LogP contribution is 2.31. The quantitative estimate of drug-likeness (QED) is 0.388. The maximum atomic E-state index is 15.1. The molecule has 0 radical (unpaired) electrons. The number of hydrogen-bond donors (Lipinski definition) is 0. The number of amides is 2. The number of rotatable bonds is 0. The van der Waals surface area contributed by atoms with E-state index in [4.69, 9.17) is 19.2 Å². The van der Waals surface area contributed by atoms with Gasteiger partial charge in [-0.1, -0.05) is 0 Å². The van der Waals surface area contributed by atoms with Crippen LogP contribution in [0.15, 0.2) is 36.7 Å². The second-order valence-electron chi connectivity index (χ2n) is 12.3. The molecule has 2 amide bonds. The number of halogens is 1. The molecule has 0 spiro atoms. The normalized spacial score (nSPS) is 18.5. The molecular formula is C29H37FN6O5. The third kappa shape index (κ3) is 6.53. The van der Waals surface area contributed by atoms with E-state index in [9.17, 15) is 9.59 Å². The van der Waals surface area contributed by atoms with Crippen molar-refractivity contribution in [2.24, 2.45) is 0 Å². The summed E-state index contributed by atoms with van der Waals surface area (Å²) < 4.78 is 34.2. The molecule has 0 saturated carbocycles. The zero-order valence-electron chi connectivity index (χ0n) is 24.4. The van der Waals surface area contributed by atoms with Gasteiger partial charge in [0.1, 0.15) is 35.2 Å². The average molecular weight is 569 g/mol. The van der Waals surface area contributed by atoms with E-state index >= 15 is 4.39 Å². The minimum atomic E-state index is -0.721. The van der Waals surface area contributed by atoms with Crippen LogP contribution in [0.2, 0.25) is 0 Å². The minimum absolute atomic E-state index is 0.213. The van der Waals surface area contributed by atoms with E-state index in [1.165, 1.54) is 15.5 Å². The lowest BCUT2D eigenvalue weighted by Crippen LogP contribution is -2.58. The van der Waals surface area contributed by atoms with Crippen molar-refractivity contribution < 1.29 is 28.2 Å². The molecule has 11 nitrogen and oxygen atoms in total. The molecule has 5 rings (SSSR count). The molecule has 4 bridgehead atoms. The summed E-state index contributed by atoms with van der Waals surface area (Å²) in [5.41, 5.74) is -0.202. The Hall–Kier alpha value is -3.93. The number of aromatic nitrogens is 3. The molecule has 2 aliphatic heterocycles. The topological polar surface area (TPSA) is 102 Å². The van der Waals surface area contributed by atoms with Crippen LogP contribution in [-0.4, -0.2) is 93.2 Å². The Bertz CT molecular complexity index is 1450. The second kappa shape index (κ2) is 10.8. The Labute approximate surface area is 238 Å². The summed E-state index contributed by atoms with van der Waals surface area (Å²) >= 11 is 0. The Morgan fingerprint density at radius 2 is 1.66 bits per heavy atom. The maximum absolute atomic E-state index is 15.1. The van der Waals surface area contributed by atoms with Gasteiger partial charge in [0.05, 0.1) is 12.2 Å². The summed E-state index contributed by atoms with van der Waals surface area (Å²) in [6.45, 7) is 13.3. The molecule has 12 heteroatoms. The van der Waals surface area contributed by atoms with E-state index in [2.05, 4.69) is 10.00 Å². The molecule has 220 valence electrons. The van der Waals surface area contributed by atoms with Crippen LogP contribution in [0.4, 0.5) is 19.8 Å². The highest BCUT2D eigenvalue weighted by molar-refractivity contribution is 5.88. The molecule has 0 unspecified atom stereocenters. The fraction of sp³-hybridized carbons (Fsp3) is 0.517. The van der Waals surface area contributed by atoms with Gasteiger partial charge in [-0.25, -0.2) is 23.5 Å². The van der Waals surface area contributed by atoms with Gasteiger partial charge in [0, 0.05) is 50.0 Å². The van der Waals surface area contributed by atoms with Crippen LogP contribution in [0.1, 0.15) is 41.5 Å². The van der Waals surface area contributed by atoms with Gasteiger partial charge in [-0.2, -0.15) is 5.10 Å². The van der Waals surface area contributed by atoms with Gasteiger partial charge >= 0.3 is 12.2 Å². The van der Waals surface area contributed by atoms with Gasteiger partial charge in [0.25, 0.3) is 0 Å². The number of ether oxygens (including phenoxy) is 3. The van der Waals surface area contributed by atoms with Gasteiger partial charge in [-0.05, 0) is 65.8 Å². The third-order valence-corrected chi connectivity index (χ3v) is 6.78. The zero-order valence-corrected chi connectivity index (χ0v) is 24.4. The first-order valence-electron chi connectivity index (χ1n) is 13.8. The number of fused-ring (bicyclic) bond motifs is 5. The molecule has 1 fully saturated rings. The molecular weight excluding hydrogens is 531 g/mol. The monoisotopic (exact) mass is 568 g/mol. The van der Waals surface area contributed by atoms with E-state index in [-0.39, 0.29) is 30.9 Å². The summed E-state index contributed by atoms with van der Waals surface area (Å²) in [6.07, 6.45) is 2.29. The van der Waals surface area contributed by atoms with Crippen molar-refractivity contribution in [2.75, 3.05) is 44.2 Å². The SMILES string of the molecule is CC(C)(C)OC(=O)N1CCN2CCN(C(=O)OC(C)(C)C)c3ccn4ncc(c4n3)-c3cc(ccc3F)OC[C@@H]2C1. The maximum Gasteiger partial charge on any atom is 0.416 e. The Morgan fingerprint density at radius 3 is 2.39 bits per heavy atom. The predicted octanol–water partition coefficient (Wildman–Crippen LogP) is 4.59. The van der Waals surface area contributed by atoms with Crippen LogP contribution in [-0.2, 0) is 9.47 Å². The number of carbonyl (C=O) groups excluding carboxylic acids is 2. The van der Waals surface area contributed by atoms with Gasteiger partial charge in [0.15, 0.2) is 5.65 Å². The third-order valence-electron chi connectivity index (χ3n) is 6.78. The average Bonchev–Trinajstić information content (AvgIpc) is 3.29. The molecule has 1 aromatic carbocycles. The van der Waals surface area contributed by atoms with Gasteiger partial charge in [0.2, 0.25) is 0 Å². The number of anilines is 1. The van der Waals surface area contributed by atoms with E-state index < -0.39 is 23.1 Å². The largest absolute Gasteiger partial charge is 0.492 e. The fourth-order valence-corrected chi connectivity index (χ4v) is 4.88. The standard InChI is InChI=1S/C29H37FN6O5/c1-28(2,3)40-26(37)34-12-11-33-13-14-35(27(38)41-29(4,5)6)24-9-10-36-25(32-24)22(16-31-36)21-15-20(7-8-23(21)30)39-18-19(33)17-34/h7-10,15-16,19H,11-14,17-18H2,1-6H3/t19-/m0/s1. The Balaban J connectivity index is 1.53. The lowest BCUT2D eigenvalue weighted by atomic mass is 10.1. The van der Waals surface area contributed by atoms with Gasteiger partial charge < -0.3 is 19.1 Å². The van der Waals surface area contributed by atoms with E-state index in [1.54, 1.807) is 56.3 Å². The van der Waals surface area contributed by atoms with Crippen LogP contribution in [0.25, 0.3) is 16.8 Å². The minimum Gasteiger partial charge on any atom is -0.492 e. The summed E-state index contributed by atoms with van der Waals surface area (Å²) in [5, 5.41) is 4.34. The molecule has 1 saturated heterocycles. The highest BCUT2D eigenvalue weighted by Gasteiger charge is 2.34. The fourth-order valence-electron chi connectivity index (χ4n) is 4.88. The summed E-state index contributed by atoms with van der Waals surface area (Å²) in [6, 6.07) is 6.03. The lowest BCUT2D eigenvalue weighted by molar-refractivity contribution is -0.00197. The van der Waals surface area contributed by atoms with Gasteiger partial charge in [-0.15, -0.1) is 0 Å². The molecule has 2 aromatic heterocycles. The number of benzene rings is 1. The van der Waals surface area contributed by atoms with E-state index in [0.29, 0.717) is 49.0 Å². The van der Waals surface area contributed by atoms with Crippen LogP contribution >= 0.6 is 0 Å². The second-order valence-corrected chi connectivity index (χ2v) is 12.3. The van der Waals surface area contributed by atoms with Crippen LogP contribution < -0.4 is 9.64 Å². The van der Waals surface area contributed by atoms with E-state index in [0.717, 1.165) is 0 Å². The lowest BCUT2D eigenvalue weighted by Gasteiger charge is -2.42. The summed E-state index contributed by atoms with van der Waals surface area (Å²) in [4.78, 5) is 36.4. The van der Waals surface area contributed by atoms with E-state index in [1.807, 2.05) is 20.8 Å². The molecule has 41 heavy (non-hydrogen) atoms. The van der Waals surface area contributed by atoms with Crippen LogP contribution in [0.3, 0.4) is 0 Å². The van der Waals surface area contributed by atoms with Crippen molar-refractivity contribution in [3.05, 3.63) is 42.5 Å². The van der Waals surface area contributed by atoms with Crippen LogP contribution in [0.5, 0.6) is 5.75 Å². The van der Waals surface area contributed by atoms with Crippen molar-refractivity contribution >= 4 is 23.7 Å². The smallest absolute Gasteiger partial charge is 0.416 e. The first kappa shape index (κ1) is 28.6. The zero-order chi connectivity index (χ0) is 29.5. The molecule has 4 heterocycles. The summed E-state index contributed by atoms with van der Waals surface area (Å²) in [5.74, 6) is 0.395. The van der Waals surface area contributed by atoms with Crippen molar-refractivity contribution in [1.29, 1.82) is 0 Å². The molecule has 1 atom stereocenters. The Kier molecular flexibility index (Phi) is 7.54. The van der Waals surface area contributed by atoms with Crippen molar-refractivity contribution in [2.45, 2.75) is 58.8 Å². The molecule has 0 N–H and O–H groups in total. The Morgan fingerprint density at radius 1 is 0.951 bits per heavy atom. The van der Waals surface area contributed by atoms with Crippen molar-refractivity contribution in [3.8, 4) is 16.9 Å². The highest BCUT2D eigenvalue weighted by atomic mass is 19.1. The summed E-state index contributed by atoms with van der Waals surface area (Å²) in [7, 11) is 0. The van der Waals surface area contributed by atoms with Gasteiger partial charge in [-0.3, -0.25) is 9.80 Å². The molecule has 3 aromatic rings. The van der Waals surface area contributed by atoms with Crippen molar-refractivity contribution in [3.63, 3.8) is 0 Å². The number of nitrogens with zero attached hydrogens (tertiary/aromatic N) is 6. The van der Waals surface area contributed by atoms with Crippen molar-refractivity contribution in [1.82, 2.24) is 24.4 Å². The molecule has 2 aliphatic rings. The molecule has 0 aliphatic carbocycles. The number of piperazine rings is 1. The predicted molar refractivity (Wildman–Crippen MR) is 151 cm³/mol. The number of carbonyl (C=O) groups is 2. The first-order chi connectivity index (χ1) is 19.3.